The molecule has 0 radical (unpaired) electrons. The zero-order chi connectivity index (χ0) is 19.2. The molecule has 1 aromatic heterocycles. The molecule has 4 nitrogen and oxygen atoms in total. The second kappa shape index (κ2) is 8.88. The van der Waals surface area contributed by atoms with Crippen molar-refractivity contribution in [3.63, 3.8) is 0 Å². The Balaban J connectivity index is 1.87. The van der Waals surface area contributed by atoms with Gasteiger partial charge in [0.2, 0.25) is 0 Å². The number of hydrogen-bond acceptors (Lipinski definition) is 3. The molecular weight excluding hydrogens is 361 g/mol. The molecule has 0 spiro atoms. The van der Waals surface area contributed by atoms with Crippen molar-refractivity contribution >= 4 is 22.4 Å². The summed E-state index contributed by atoms with van der Waals surface area (Å²) in [6.45, 7) is 1.48. The minimum atomic E-state index is -0.414. The third-order valence-electron chi connectivity index (χ3n) is 4.17. The van der Waals surface area contributed by atoms with Gasteiger partial charge in [0, 0.05) is 29.5 Å². The van der Waals surface area contributed by atoms with Crippen molar-refractivity contribution in [2.24, 2.45) is 0 Å². The van der Waals surface area contributed by atoms with Crippen molar-refractivity contribution < 1.29 is 14.1 Å². The number of carbonyl (C=O) groups is 1. The minimum Gasteiger partial charge on any atom is -0.340 e. The van der Waals surface area contributed by atoms with Crippen LogP contribution in [0.25, 0.3) is 11.3 Å². The molecule has 2 aromatic carbocycles. The third-order valence-corrected chi connectivity index (χ3v) is 5.03. The molecule has 0 atom stereocenters. The first-order valence-corrected chi connectivity index (χ1v) is 9.80. The number of quaternary nitrogens is 1. The molecule has 6 heteroatoms. The second-order valence-corrected chi connectivity index (χ2v) is 7.50. The number of nitrogens with one attached hydrogen (secondary N) is 1. The lowest BCUT2D eigenvalue weighted by atomic mass is 10.2. The standard InChI is InChI=1S/C21H22FN3OS/c1-24(2)12-7-13-25(20(26)17-10-6-11-18(22)14-17)21-23-19(15-27-21)16-8-4-3-5-9-16/h3-6,8-11,14-15H,7,12-13H2,1-2H3/p+1. The van der Waals surface area contributed by atoms with Crippen molar-refractivity contribution in [3.05, 3.63) is 71.4 Å². The van der Waals surface area contributed by atoms with Gasteiger partial charge in [-0.2, -0.15) is 0 Å². The van der Waals surface area contributed by atoms with Gasteiger partial charge in [-0.1, -0.05) is 36.4 Å². The molecule has 0 aliphatic rings. The summed E-state index contributed by atoms with van der Waals surface area (Å²) in [5.74, 6) is -0.639. The Morgan fingerprint density at radius 2 is 1.93 bits per heavy atom. The molecule has 0 bridgehead atoms. The number of nitrogens with zero attached hydrogens (tertiary/aromatic N) is 2. The van der Waals surface area contributed by atoms with Gasteiger partial charge in [0.15, 0.2) is 5.13 Å². The first kappa shape index (κ1) is 19.2. The van der Waals surface area contributed by atoms with E-state index in [1.807, 2.05) is 35.7 Å². The second-order valence-electron chi connectivity index (χ2n) is 6.66. The van der Waals surface area contributed by atoms with Crippen LogP contribution < -0.4 is 9.80 Å². The van der Waals surface area contributed by atoms with Crippen LogP contribution in [0.1, 0.15) is 16.8 Å². The normalized spacial score (nSPS) is 11.0. The molecule has 0 saturated carbocycles. The fourth-order valence-corrected chi connectivity index (χ4v) is 3.64. The number of anilines is 1. The predicted molar refractivity (Wildman–Crippen MR) is 108 cm³/mol. The van der Waals surface area contributed by atoms with Crippen molar-refractivity contribution in [1.82, 2.24) is 4.98 Å². The number of amides is 1. The Morgan fingerprint density at radius 1 is 1.15 bits per heavy atom. The SMILES string of the molecule is C[NH+](C)CCCN(C(=O)c1cccc(F)c1)c1nc(-c2ccccc2)cs1. The summed E-state index contributed by atoms with van der Waals surface area (Å²) in [4.78, 5) is 20.7. The van der Waals surface area contributed by atoms with E-state index >= 15 is 0 Å². The van der Waals surface area contributed by atoms with Crippen LogP contribution in [0.3, 0.4) is 0 Å². The Labute approximate surface area is 162 Å². The quantitative estimate of drug-likeness (QED) is 0.680. The van der Waals surface area contributed by atoms with E-state index in [4.69, 9.17) is 0 Å². The van der Waals surface area contributed by atoms with Crippen LogP contribution in [0.15, 0.2) is 60.0 Å². The minimum absolute atomic E-state index is 0.225. The molecule has 1 heterocycles. The van der Waals surface area contributed by atoms with Crippen molar-refractivity contribution in [3.8, 4) is 11.3 Å². The van der Waals surface area contributed by atoms with E-state index in [0.717, 1.165) is 24.2 Å². The molecule has 0 saturated heterocycles. The van der Waals surface area contributed by atoms with Gasteiger partial charge in [-0.3, -0.25) is 9.69 Å². The van der Waals surface area contributed by atoms with Crippen LogP contribution >= 0.6 is 11.3 Å². The van der Waals surface area contributed by atoms with E-state index in [1.165, 1.54) is 28.4 Å². The zero-order valence-corrected chi connectivity index (χ0v) is 16.3. The number of halogens is 1. The smallest absolute Gasteiger partial charge is 0.260 e. The van der Waals surface area contributed by atoms with Crippen molar-refractivity contribution in [1.29, 1.82) is 0 Å². The van der Waals surface area contributed by atoms with Gasteiger partial charge >= 0.3 is 0 Å². The summed E-state index contributed by atoms with van der Waals surface area (Å²) in [6.07, 6.45) is 0.837. The fraction of sp³-hybridized carbons (Fsp3) is 0.238. The van der Waals surface area contributed by atoms with Crippen molar-refractivity contribution in [2.45, 2.75) is 6.42 Å². The fourth-order valence-electron chi connectivity index (χ4n) is 2.78. The Kier molecular flexibility index (Phi) is 6.32. The van der Waals surface area contributed by atoms with Gasteiger partial charge in [-0.05, 0) is 18.2 Å². The Bertz CT molecular complexity index is 895. The maximum absolute atomic E-state index is 13.6. The highest BCUT2D eigenvalue weighted by molar-refractivity contribution is 7.14. The summed E-state index contributed by atoms with van der Waals surface area (Å²) in [6, 6.07) is 15.7. The number of thiazole rings is 1. The van der Waals surface area contributed by atoms with Crippen LogP contribution in [0, 0.1) is 5.82 Å². The van der Waals surface area contributed by atoms with Gasteiger partial charge in [0.25, 0.3) is 5.91 Å². The third kappa shape index (κ3) is 4.99. The Morgan fingerprint density at radius 3 is 2.63 bits per heavy atom. The lowest BCUT2D eigenvalue weighted by Crippen LogP contribution is -3.05. The van der Waals surface area contributed by atoms with Crippen LogP contribution in [-0.4, -0.2) is 38.1 Å². The lowest BCUT2D eigenvalue weighted by molar-refractivity contribution is -0.858. The van der Waals surface area contributed by atoms with Gasteiger partial charge in [0.05, 0.1) is 26.3 Å². The number of carbonyl (C=O) groups excluding carboxylic acids is 1. The molecule has 0 unspecified atom stereocenters. The van der Waals surface area contributed by atoms with E-state index in [9.17, 15) is 9.18 Å². The highest BCUT2D eigenvalue weighted by Gasteiger charge is 2.21. The maximum Gasteiger partial charge on any atom is 0.260 e. The average Bonchev–Trinajstić information content (AvgIpc) is 3.15. The summed E-state index contributed by atoms with van der Waals surface area (Å²) in [5.41, 5.74) is 2.19. The number of benzene rings is 2. The predicted octanol–water partition coefficient (Wildman–Crippen LogP) is 3.13. The van der Waals surface area contributed by atoms with E-state index in [1.54, 1.807) is 17.0 Å². The lowest BCUT2D eigenvalue weighted by Gasteiger charge is -2.20. The van der Waals surface area contributed by atoms with Crippen LogP contribution in [-0.2, 0) is 0 Å². The van der Waals surface area contributed by atoms with E-state index in [0.29, 0.717) is 17.2 Å². The molecule has 0 fully saturated rings. The largest absolute Gasteiger partial charge is 0.340 e. The molecule has 1 amide bonds. The summed E-state index contributed by atoms with van der Waals surface area (Å²) in [5, 5.41) is 2.59. The number of rotatable bonds is 7. The molecule has 3 aromatic rings. The van der Waals surface area contributed by atoms with Crippen molar-refractivity contribution in [2.75, 3.05) is 32.1 Å². The van der Waals surface area contributed by atoms with E-state index in [-0.39, 0.29) is 5.91 Å². The summed E-state index contributed by atoms with van der Waals surface area (Å²) < 4.78 is 13.6. The van der Waals surface area contributed by atoms with E-state index < -0.39 is 5.82 Å². The molecule has 1 N–H and O–H groups in total. The molecule has 140 valence electrons. The highest BCUT2D eigenvalue weighted by atomic mass is 32.1. The summed E-state index contributed by atoms with van der Waals surface area (Å²) >= 11 is 1.43. The van der Waals surface area contributed by atoms with Gasteiger partial charge in [-0.15, -0.1) is 11.3 Å². The van der Waals surface area contributed by atoms with E-state index in [2.05, 4.69) is 19.1 Å². The molecule has 0 aliphatic carbocycles. The summed E-state index contributed by atoms with van der Waals surface area (Å²) in [7, 11) is 4.16. The maximum atomic E-state index is 13.6. The van der Waals surface area contributed by atoms with Crippen LogP contribution in [0.4, 0.5) is 9.52 Å². The molecule has 27 heavy (non-hydrogen) atoms. The molecule has 0 aliphatic heterocycles. The van der Waals surface area contributed by atoms with Gasteiger partial charge in [0.1, 0.15) is 5.82 Å². The monoisotopic (exact) mass is 384 g/mol. The first-order valence-electron chi connectivity index (χ1n) is 8.92. The molecular formula is C21H23FN3OS+. The average molecular weight is 385 g/mol. The number of aromatic nitrogens is 1. The Hall–Kier alpha value is -2.57. The number of hydrogen-bond donors (Lipinski definition) is 1. The highest BCUT2D eigenvalue weighted by Crippen LogP contribution is 2.28. The topological polar surface area (TPSA) is 37.6 Å². The first-order chi connectivity index (χ1) is 13.0. The van der Waals surface area contributed by atoms with Crippen LogP contribution in [0.5, 0.6) is 0 Å². The van der Waals surface area contributed by atoms with Gasteiger partial charge in [-0.25, -0.2) is 9.37 Å². The van der Waals surface area contributed by atoms with Gasteiger partial charge < -0.3 is 4.90 Å². The zero-order valence-electron chi connectivity index (χ0n) is 15.5. The molecule has 3 rings (SSSR count). The van der Waals surface area contributed by atoms with Crippen LogP contribution in [0.2, 0.25) is 0 Å².